The van der Waals surface area contributed by atoms with Crippen molar-refractivity contribution in [1.29, 1.82) is 0 Å². The van der Waals surface area contributed by atoms with Crippen LogP contribution < -0.4 is 20.1 Å². The summed E-state index contributed by atoms with van der Waals surface area (Å²) < 4.78 is 24.7. The number of halogens is 1. The molecule has 0 saturated carbocycles. The van der Waals surface area contributed by atoms with Gasteiger partial charge in [-0.2, -0.15) is 0 Å². The normalized spacial score (nSPS) is 11.3. The molecule has 0 aliphatic heterocycles. The van der Waals surface area contributed by atoms with Crippen molar-refractivity contribution in [3.8, 4) is 11.5 Å². The van der Waals surface area contributed by atoms with E-state index < -0.39 is 5.82 Å². The monoisotopic (exact) mass is 403 g/mol. The van der Waals surface area contributed by atoms with Gasteiger partial charge < -0.3 is 25.2 Å². The molecule has 0 radical (unpaired) electrons. The Balaban J connectivity index is 1.87. The van der Waals surface area contributed by atoms with Gasteiger partial charge in [-0.05, 0) is 55.7 Å². The van der Waals surface area contributed by atoms with Gasteiger partial charge in [-0.3, -0.25) is 4.99 Å². The SMILES string of the molecule is CCOc1ccc(CCNC(=NC)NCc2ccc(F)c(CO)c2)cc1OCC. The topological polar surface area (TPSA) is 75.1 Å². The molecule has 0 saturated heterocycles. The molecule has 2 aromatic carbocycles. The van der Waals surface area contributed by atoms with E-state index in [9.17, 15) is 9.50 Å². The summed E-state index contributed by atoms with van der Waals surface area (Å²) in [5, 5.41) is 15.6. The Morgan fingerprint density at radius 2 is 1.72 bits per heavy atom. The number of guanidine groups is 1. The number of aliphatic hydroxyl groups excluding tert-OH is 1. The van der Waals surface area contributed by atoms with Crippen LogP contribution in [0.5, 0.6) is 11.5 Å². The Morgan fingerprint density at radius 3 is 2.41 bits per heavy atom. The van der Waals surface area contributed by atoms with Crippen LogP contribution in [0.15, 0.2) is 41.4 Å². The van der Waals surface area contributed by atoms with Gasteiger partial charge in [0, 0.05) is 25.7 Å². The van der Waals surface area contributed by atoms with E-state index in [1.165, 1.54) is 6.07 Å². The lowest BCUT2D eigenvalue weighted by Crippen LogP contribution is -2.37. The summed E-state index contributed by atoms with van der Waals surface area (Å²) in [7, 11) is 1.70. The van der Waals surface area contributed by atoms with Crippen LogP contribution >= 0.6 is 0 Å². The first-order valence-electron chi connectivity index (χ1n) is 9.82. The number of aliphatic imine (C=N–C) groups is 1. The summed E-state index contributed by atoms with van der Waals surface area (Å²) in [6.07, 6.45) is 0.790. The molecule has 7 heteroatoms. The fourth-order valence-corrected chi connectivity index (χ4v) is 2.84. The van der Waals surface area contributed by atoms with Crippen LogP contribution in [0.4, 0.5) is 4.39 Å². The first kappa shape index (κ1) is 22.5. The molecule has 29 heavy (non-hydrogen) atoms. The summed E-state index contributed by atoms with van der Waals surface area (Å²) in [6.45, 7) is 5.91. The molecule has 0 aromatic heterocycles. The second kappa shape index (κ2) is 11.9. The third-order valence-corrected chi connectivity index (χ3v) is 4.28. The van der Waals surface area contributed by atoms with E-state index in [0.29, 0.717) is 32.3 Å². The van der Waals surface area contributed by atoms with Crippen LogP contribution in [0.3, 0.4) is 0 Å². The molecule has 2 rings (SSSR count). The number of hydrogen-bond donors (Lipinski definition) is 3. The van der Waals surface area contributed by atoms with Crippen LogP contribution in [-0.4, -0.2) is 37.9 Å². The first-order chi connectivity index (χ1) is 14.1. The molecule has 158 valence electrons. The highest BCUT2D eigenvalue weighted by atomic mass is 19.1. The first-order valence-corrected chi connectivity index (χ1v) is 9.82. The van der Waals surface area contributed by atoms with Gasteiger partial charge in [0.1, 0.15) is 5.82 Å². The van der Waals surface area contributed by atoms with E-state index in [1.54, 1.807) is 19.2 Å². The predicted octanol–water partition coefficient (Wildman–Crippen LogP) is 3.02. The zero-order valence-electron chi connectivity index (χ0n) is 17.3. The molecule has 0 bridgehead atoms. The summed E-state index contributed by atoms with van der Waals surface area (Å²) in [6, 6.07) is 10.7. The van der Waals surface area contributed by atoms with Gasteiger partial charge in [0.2, 0.25) is 0 Å². The lowest BCUT2D eigenvalue weighted by molar-refractivity contribution is 0.275. The zero-order valence-corrected chi connectivity index (χ0v) is 17.3. The van der Waals surface area contributed by atoms with Crippen LogP contribution in [0.1, 0.15) is 30.5 Å². The van der Waals surface area contributed by atoms with Crippen LogP contribution in [0, 0.1) is 5.82 Å². The molecule has 0 atom stereocenters. The van der Waals surface area contributed by atoms with Crippen molar-refractivity contribution >= 4 is 5.96 Å². The van der Waals surface area contributed by atoms with Gasteiger partial charge in [0.05, 0.1) is 19.8 Å². The molecule has 0 amide bonds. The molecule has 0 spiro atoms. The van der Waals surface area contributed by atoms with Gasteiger partial charge in [0.25, 0.3) is 0 Å². The van der Waals surface area contributed by atoms with Crippen molar-refractivity contribution < 1.29 is 19.0 Å². The second-order valence-corrected chi connectivity index (χ2v) is 6.33. The average Bonchev–Trinajstić information content (AvgIpc) is 2.73. The molecule has 6 nitrogen and oxygen atoms in total. The van der Waals surface area contributed by atoms with Crippen molar-refractivity contribution in [3.63, 3.8) is 0 Å². The number of nitrogens with zero attached hydrogens (tertiary/aromatic N) is 1. The fourth-order valence-electron chi connectivity index (χ4n) is 2.84. The Hall–Kier alpha value is -2.80. The predicted molar refractivity (Wildman–Crippen MR) is 113 cm³/mol. The van der Waals surface area contributed by atoms with E-state index in [4.69, 9.17) is 9.47 Å². The van der Waals surface area contributed by atoms with Gasteiger partial charge in [-0.25, -0.2) is 4.39 Å². The summed E-state index contributed by atoms with van der Waals surface area (Å²) in [4.78, 5) is 4.21. The summed E-state index contributed by atoms with van der Waals surface area (Å²) >= 11 is 0. The number of aliphatic hydroxyl groups is 1. The number of benzene rings is 2. The van der Waals surface area contributed by atoms with E-state index >= 15 is 0 Å². The molecule has 0 aliphatic carbocycles. The third-order valence-electron chi connectivity index (χ3n) is 4.28. The maximum atomic E-state index is 13.5. The smallest absolute Gasteiger partial charge is 0.191 e. The minimum atomic E-state index is -0.402. The van der Waals surface area contributed by atoms with Gasteiger partial charge in [0.15, 0.2) is 17.5 Å². The van der Waals surface area contributed by atoms with Crippen molar-refractivity contribution in [3.05, 3.63) is 58.9 Å². The average molecular weight is 403 g/mol. The van der Waals surface area contributed by atoms with Gasteiger partial charge >= 0.3 is 0 Å². The molecular formula is C22H30FN3O3. The van der Waals surface area contributed by atoms with Crippen molar-refractivity contribution in [2.75, 3.05) is 26.8 Å². The Labute approximate surface area is 171 Å². The Bertz CT molecular complexity index is 812. The largest absolute Gasteiger partial charge is 0.490 e. The minimum Gasteiger partial charge on any atom is -0.490 e. The summed E-state index contributed by atoms with van der Waals surface area (Å²) in [5.74, 6) is 1.76. The van der Waals surface area contributed by atoms with E-state index in [1.807, 2.05) is 32.0 Å². The molecule has 0 unspecified atom stereocenters. The number of nitrogens with one attached hydrogen (secondary N) is 2. The zero-order chi connectivity index (χ0) is 21.1. The molecule has 3 N–H and O–H groups in total. The third kappa shape index (κ3) is 6.94. The molecule has 0 heterocycles. The maximum Gasteiger partial charge on any atom is 0.191 e. The second-order valence-electron chi connectivity index (χ2n) is 6.33. The van der Waals surface area contributed by atoms with Crippen molar-refractivity contribution in [2.45, 2.75) is 33.4 Å². The Morgan fingerprint density at radius 1 is 1.00 bits per heavy atom. The van der Waals surface area contributed by atoms with Crippen molar-refractivity contribution in [1.82, 2.24) is 10.6 Å². The van der Waals surface area contributed by atoms with Crippen LogP contribution in [0.25, 0.3) is 0 Å². The van der Waals surface area contributed by atoms with E-state index in [2.05, 4.69) is 15.6 Å². The number of ether oxygens (including phenoxy) is 2. The van der Waals surface area contributed by atoms with Gasteiger partial charge in [-0.1, -0.05) is 12.1 Å². The molecule has 2 aromatic rings. The van der Waals surface area contributed by atoms with Crippen molar-refractivity contribution in [2.24, 2.45) is 4.99 Å². The van der Waals surface area contributed by atoms with E-state index in [0.717, 1.165) is 29.0 Å². The fraction of sp³-hybridized carbons (Fsp3) is 0.409. The molecule has 0 fully saturated rings. The van der Waals surface area contributed by atoms with E-state index in [-0.39, 0.29) is 12.2 Å². The quantitative estimate of drug-likeness (QED) is 0.420. The standard InChI is InChI=1S/C22H30FN3O3/c1-4-28-20-9-7-16(13-21(20)29-5-2)10-11-25-22(24-3)26-14-17-6-8-19(23)18(12-17)15-27/h6-9,12-13,27H,4-5,10-11,14-15H2,1-3H3,(H2,24,25,26). The van der Waals surface area contributed by atoms with Gasteiger partial charge in [-0.15, -0.1) is 0 Å². The summed E-state index contributed by atoms with van der Waals surface area (Å²) in [5.41, 5.74) is 2.28. The lowest BCUT2D eigenvalue weighted by atomic mass is 10.1. The lowest BCUT2D eigenvalue weighted by Gasteiger charge is -2.14. The highest BCUT2D eigenvalue weighted by molar-refractivity contribution is 5.79. The number of hydrogen-bond acceptors (Lipinski definition) is 4. The highest BCUT2D eigenvalue weighted by Gasteiger charge is 2.07. The highest BCUT2D eigenvalue weighted by Crippen LogP contribution is 2.28. The molecule has 0 aliphatic rings. The molecular weight excluding hydrogens is 373 g/mol. The number of rotatable bonds is 10. The van der Waals surface area contributed by atoms with Crippen LogP contribution in [0.2, 0.25) is 0 Å². The van der Waals surface area contributed by atoms with Crippen LogP contribution in [-0.2, 0) is 19.6 Å². The minimum absolute atomic E-state index is 0.285. The maximum absolute atomic E-state index is 13.5. The Kier molecular flexibility index (Phi) is 9.24.